The number of carbonyl (C=O) groups is 2. The van der Waals surface area contributed by atoms with Crippen molar-refractivity contribution in [1.29, 1.82) is 0 Å². The highest BCUT2D eigenvalue weighted by molar-refractivity contribution is 9.11. The average Bonchev–Trinajstić information content (AvgIpc) is 3.00. The van der Waals surface area contributed by atoms with E-state index in [1.807, 2.05) is 0 Å². The Morgan fingerprint density at radius 1 is 1.32 bits per heavy atom. The molecule has 2 saturated heterocycles. The number of nitrogens with zero attached hydrogens (tertiary/aromatic N) is 2. The van der Waals surface area contributed by atoms with Crippen LogP contribution in [0.4, 0.5) is 0 Å². The molecule has 22 heavy (non-hydrogen) atoms. The largest absolute Gasteiger partial charge is 0.368 e. The Bertz CT molecular complexity index is 668. The molecular weight excluding hydrogens is 376 g/mol. The van der Waals surface area contributed by atoms with Crippen molar-refractivity contribution in [3.63, 3.8) is 0 Å². The second-order valence-corrected chi connectivity index (χ2v) is 9.35. The van der Waals surface area contributed by atoms with E-state index in [0.29, 0.717) is 18.7 Å². The predicted molar refractivity (Wildman–Crippen MR) is 81.6 cm³/mol. The number of ether oxygens (including phenoxy) is 1. The zero-order valence-corrected chi connectivity index (χ0v) is 14.7. The van der Waals surface area contributed by atoms with Crippen LogP contribution in [-0.4, -0.2) is 65.9 Å². The van der Waals surface area contributed by atoms with E-state index in [9.17, 15) is 18.0 Å². The van der Waals surface area contributed by atoms with Gasteiger partial charge in [-0.25, -0.2) is 8.42 Å². The van der Waals surface area contributed by atoms with Crippen LogP contribution in [0.2, 0.25) is 0 Å². The zero-order valence-electron chi connectivity index (χ0n) is 12.3. The van der Waals surface area contributed by atoms with Crippen LogP contribution >= 0.6 is 15.9 Å². The summed E-state index contributed by atoms with van der Waals surface area (Å²) < 4.78 is 29.0. The molecule has 0 aliphatic carbocycles. The van der Waals surface area contributed by atoms with Gasteiger partial charge < -0.3 is 9.64 Å². The first-order valence-electron chi connectivity index (χ1n) is 7.05. The summed E-state index contributed by atoms with van der Waals surface area (Å²) >= 11 is 3.16. The van der Waals surface area contributed by atoms with Gasteiger partial charge >= 0.3 is 0 Å². The monoisotopic (exact) mass is 392 g/mol. The van der Waals surface area contributed by atoms with Gasteiger partial charge in [-0.15, -0.1) is 0 Å². The molecule has 0 spiro atoms. The highest BCUT2D eigenvalue weighted by atomic mass is 79.9. The molecule has 0 aromatic rings. The summed E-state index contributed by atoms with van der Waals surface area (Å²) in [5, 5.41) is -1.13. The molecule has 1 unspecified atom stereocenters. The number of methoxy groups -OCH3 is 1. The maximum absolute atomic E-state index is 12.7. The molecule has 3 atom stereocenters. The molecular formula is C13H17BrN2O5S. The summed E-state index contributed by atoms with van der Waals surface area (Å²) in [7, 11) is -2.37. The number of hydrogen-bond acceptors (Lipinski definition) is 5. The van der Waals surface area contributed by atoms with E-state index in [1.165, 1.54) is 7.11 Å². The third kappa shape index (κ3) is 1.98. The van der Waals surface area contributed by atoms with Crippen LogP contribution in [0.15, 0.2) is 11.3 Å². The van der Waals surface area contributed by atoms with Crippen molar-refractivity contribution in [3.05, 3.63) is 11.3 Å². The normalized spacial score (nSPS) is 33.8. The van der Waals surface area contributed by atoms with E-state index in [2.05, 4.69) is 15.9 Å². The number of carbonyl (C=O) groups excluding carboxylic acids is 2. The van der Waals surface area contributed by atoms with Gasteiger partial charge in [-0.3, -0.25) is 14.5 Å². The van der Waals surface area contributed by atoms with Gasteiger partial charge in [0.05, 0.1) is 0 Å². The van der Waals surface area contributed by atoms with E-state index in [1.54, 1.807) is 11.8 Å². The Morgan fingerprint density at radius 2 is 1.91 bits per heavy atom. The van der Waals surface area contributed by atoms with E-state index in [4.69, 9.17) is 4.74 Å². The second kappa shape index (κ2) is 5.31. The van der Waals surface area contributed by atoms with Crippen molar-refractivity contribution < 1.29 is 22.7 Å². The number of hydrogen-bond donors (Lipinski definition) is 0. The SMILES string of the molecule is CO[C@@H]1C(=O)N2C(C(=O)N3CCCC3)=C(C)C(Br)S(=O)(=O)[C@H]12. The first kappa shape index (κ1) is 15.9. The lowest BCUT2D eigenvalue weighted by Crippen LogP contribution is -2.71. The Morgan fingerprint density at radius 3 is 2.45 bits per heavy atom. The van der Waals surface area contributed by atoms with Gasteiger partial charge in [0.1, 0.15) is 9.86 Å². The quantitative estimate of drug-likeness (QED) is 0.495. The summed E-state index contributed by atoms with van der Waals surface area (Å²) in [6.45, 7) is 2.84. The first-order chi connectivity index (χ1) is 10.3. The van der Waals surface area contributed by atoms with Gasteiger partial charge in [0.15, 0.2) is 21.3 Å². The number of halogens is 1. The third-order valence-corrected chi connectivity index (χ3v) is 8.74. The molecule has 0 radical (unpaired) electrons. The molecule has 0 N–H and O–H groups in total. The fourth-order valence-corrected chi connectivity index (χ4v) is 6.02. The maximum Gasteiger partial charge on any atom is 0.270 e. The number of sulfone groups is 1. The summed E-state index contributed by atoms with van der Waals surface area (Å²) in [6, 6.07) is 0. The predicted octanol–water partition coefficient (Wildman–Crippen LogP) is 0.215. The van der Waals surface area contributed by atoms with Crippen molar-refractivity contribution in [1.82, 2.24) is 9.80 Å². The highest BCUT2D eigenvalue weighted by Gasteiger charge is 2.62. The molecule has 122 valence electrons. The molecule has 3 rings (SSSR count). The van der Waals surface area contributed by atoms with Gasteiger partial charge in [-0.05, 0) is 25.3 Å². The molecule has 3 aliphatic heterocycles. The van der Waals surface area contributed by atoms with Crippen molar-refractivity contribution in [2.45, 2.75) is 35.4 Å². The van der Waals surface area contributed by atoms with Crippen LogP contribution in [-0.2, 0) is 24.2 Å². The van der Waals surface area contributed by atoms with Crippen LogP contribution < -0.4 is 0 Å². The number of alkyl halides is 1. The topological polar surface area (TPSA) is 84.0 Å². The first-order valence-corrected chi connectivity index (χ1v) is 9.57. The lowest BCUT2D eigenvalue weighted by molar-refractivity contribution is -0.161. The number of rotatable bonds is 2. The Kier molecular flexibility index (Phi) is 3.85. The molecule has 0 aromatic heterocycles. The van der Waals surface area contributed by atoms with Gasteiger partial charge in [0, 0.05) is 20.2 Å². The fraction of sp³-hybridized carbons (Fsp3) is 0.692. The Labute approximate surface area is 137 Å². The van der Waals surface area contributed by atoms with Crippen molar-refractivity contribution >= 4 is 37.6 Å². The summed E-state index contributed by atoms with van der Waals surface area (Å²) in [5.74, 6) is -0.750. The van der Waals surface area contributed by atoms with Crippen molar-refractivity contribution in [2.75, 3.05) is 20.2 Å². The van der Waals surface area contributed by atoms with Crippen LogP contribution in [0.25, 0.3) is 0 Å². The molecule has 7 nitrogen and oxygen atoms in total. The molecule has 0 aromatic carbocycles. The standard InChI is InChI=1S/C13H17BrN2O5S/c1-7-8(11(17)15-5-3-4-6-15)16-12(18)9(21-2)13(16)22(19,20)10(7)14/h9-10,13H,3-6H2,1-2H3/t9-,10?,13-/m1/s1. The summed E-state index contributed by atoms with van der Waals surface area (Å²) in [6.07, 6.45) is 0.803. The van der Waals surface area contributed by atoms with Crippen LogP contribution in [0, 0.1) is 0 Å². The fourth-order valence-electron chi connectivity index (χ4n) is 3.22. The minimum absolute atomic E-state index is 0.182. The zero-order chi connectivity index (χ0) is 16.2. The smallest absolute Gasteiger partial charge is 0.270 e. The Balaban J connectivity index is 2.06. The third-order valence-electron chi connectivity index (χ3n) is 4.42. The van der Waals surface area contributed by atoms with Crippen LogP contribution in [0.1, 0.15) is 19.8 Å². The minimum atomic E-state index is -3.67. The summed E-state index contributed by atoms with van der Waals surface area (Å²) in [4.78, 5) is 27.7. The molecule has 3 aliphatic rings. The van der Waals surface area contributed by atoms with Gasteiger partial charge in [-0.1, -0.05) is 15.9 Å². The van der Waals surface area contributed by atoms with E-state index in [-0.39, 0.29) is 11.6 Å². The molecule has 9 heteroatoms. The van der Waals surface area contributed by atoms with E-state index in [0.717, 1.165) is 17.7 Å². The lowest BCUT2D eigenvalue weighted by atomic mass is 10.0. The van der Waals surface area contributed by atoms with Crippen LogP contribution in [0.5, 0.6) is 0 Å². The van der Waals surface area contributed by atoms with Gasteiger partial charge in [0.2, 0.25) is 0 Å². The maximum atomic E-state index is 12.7. The number of amides is 2. The molecule has 2 amide bonds. The average molecular weight is 393 g/mol. The van der Waals surface area contributed by atoms with Crippen molar-refractivity contribution in [3.8, 4) is 0 Å². The minimum Gasteiger partial charge on any atom is -0.368 e. The van der Waals surface area contributed by atoms with E-state index >= 15 is 0 Å². The van der Waals surface area contributed by atoms with Crippen molar-refractivity contribution in [2.24, 2.45) is 0 Å². The van der Waals surface area contributed by atoms with E-state index < -0.39 is 31.4 Å². The Hall–Kier alpha value is -0.930. The molecule has 2 fully saturated rings. The number of fused-ring (bicyclic) bond motifs is 1. The lowest BCUT2D eigenvalue weighted by Gasteiger charge is -2.50. The highest BCUT2D eigenvalue weighted by Crippen LogP contribution is 2.43. The molecule has 3 heterocycles. The van der Waals surface area contributed by atoms with Gasteiger partial charge in [0.25, 0.3) is 11.8 Å². The molecule has 0 bridgehead atoms. The van der Waals surface area contributed by atoms with Gasteiger partial charge in [-0.2, -0.15) is 0 Å². The van der Waals surface area contributed by atoms with Crippen LogP contribution in [0.3, 0.4) is 0 Å². The molecule has 0 saturated carbocycles. The number of β-lactam (4-membered cyclic amide) rings is 1. The number of likely N-dealkylation sites (tertiary alicyclic amines) is 1. The summed E-state index contributed by atoms with van der Waals surface area (Å²) in [5.41, 5.74) is 0.540. The second-order valence-electron chi connectivity index (χ2n) is 5.69.